The molecule has 0 radical (unpaired) electrons. The SMILES string of the molecule is CC(N)c1ncc(-c2cccnc2)cc1Cl. The number of pyridine rings is 2. The molecule has 0 aliphatic rings. The Bertz CT molecular complexity index is 483. The van der Waals surface area contributed by atoms with Crippen molar-refractivity contribution < 1.29 is 0 Å². The van der Waals surface area contributed by atoms with Crippen molar-refractivity contribution in [3.63, 3.8) is 0 Å². The highest BCUT2D eigenvalue weighted by Crippen LogP contribution is 2.25. The first-order valence-electron chi connectivity index (χ1n) is 5.00. The Morgan fingerprint density at radius 3 is 2.69 bits per heavy atom. The van der Waals surface area contributed by atoms with Gasteiger partial charge in [0.2, 0.25) is 0 Å². The highest BCUT2D eigenvalue weighted by molar-refractivity contribution is 6.31. The number of nitrogens with two attached hydrogens (primary N) is 1. The summed E-state index contributed by atoms with van der Waals surface area (Å²) in [6.07, 6.45) is 5.27. The summed E-state index contributed by atoms with van der Waals surface area (Å²) in [4.78, 5) is 8.32. The van der Waals surface area contributed by atoms with Crippen molar-refractivity contribution in [2.24, 2.45) is 5.73 Å². The smallest absolute Gasteiger partial charge is 0.0754 e. The molecule has 2 N–H and O–H groups in total. The zero-order chi connectivity index (χ0) is 11.5. The largest absolute Gasteiger partial charge is 0.323 e. The van der Waals surface area contributed by atoms with E-state index < -0.39 is 0 Å². The molecule has 0 saturated carbocycles. The molecule has 0 amide bonds. The van der Waals surface area contributed by atoms with E-state index in [9.17, 15) is 0 Å². The third-order valence-electron chi connectivity index (χ3n) is 2.30. The van der Waals surface area contributed by atoms with Gasteiger partial charge in [0, 0.05) is 35.8 Å². The average Bonchev–Trinajstić information content (AvgIpc) is 2.29. The number of nitrogens with zero attached hydrogens (tertiary/aromatic N) is 2. The van der Waals surface area contributed by atoms with Crippen LogP contribution in [0.3, 0.4) is 0 Å². The van der Waals surface area contributed by atoms with E-state index >= 15 is 0 Å². The van der Waals surface area contributed by atoms with E-state index in [1.54, 1.807) is 18.6 Å². The molecule has 1 unspecified atom stereocenters. The van der Waals surface area contributed by atoms with Crippen LogP contribution < -0.4 is 5.73 Å². The van der Waals surface area contributed by atoms with Gasteiger partial charge in [0.25, 0.3) is 0 Å². The molecule has 2 rings (SSSR count). The van der Waals surface area contributed by atoms with E-state index in [1.807, 2.05) is 25.1 Å². The fraction of sp³-hybridized carbons (Fsp3) is 0.167. The first-order chi connectivity index (χ1) is 7.68. The maximum absolute atomic E-state index is 6.11. The van der Waals surface area contributed by atoms with E-state index in [2.05, 4.69) is 9.97 Å². The summed E-state index contributed by atoms with van der Waals surface area (Å²) in [7, 11) is 0. The van der Waals surface area contributed by atoms with Gasteiger partial charge in [-0.1, -0.05) is 17.7 Å². The van der Waals surface area contributed by atoms with Crippen molar-refractivity contribution in [3.05, 3.63) is 47.5 Å². The Hall–Kier alpha value is -1.45. The second-order valence-electron chi connectivity index (χ2n) is 3.62. The number of hydrogen-bond donors (Lipinski definition) is 1. The molecule has 2 aromatic heterocycles. The third-order valence-corrected chi connectivity index (χ3v) is 2.60. The van der Waals surface area contributed by atoms with Crippen LogP contribution in [-0.4, -0.2) is 9.97 Å². The van der Waals surface area contributed by atoms with Crippen LogP contribution in [0.2, 0.25) is 5.02 Å². The monoisotopic (exact) mass is 233 g/mol. The number of rotatable bonds is 2. The number of hydrogen-bond acceptors (Lipinski definition) is 3. The Morgan fingerprint density at radius 2 is 2.12 bits per heavy atom. The molecule has 0 spiro atoms. The quantitative estimate of drug-likeness (QED) is 0.868. The van der Waals surface area contributed by atoms with Gasteiger partial charge < -0.3 is 5.73 Å². The molecule has 2 heterocycles. The summed E-state index contributed by atoms with van der Waals surface area (Å²) in [6, 6.07) is 5.55. The zero-order valence-electron chi connectivity index (χ0n) is 8.89. The van der Waals surface area contributed by atoms with Gasteiger partial charge in [-0.2, -0.15) is 0 Å². The molecule has 2 aromatic rings. The highest BCUT2D eigenvalue weighted by atomic mass is 35.5. The third kappa shape index (κ3) is 2.21. The second-order valence-corrected chi connectivity index (χ2v) is 4.03. The van der Waals surface area contributed by atoms with Gasteiger partial charge >= 0.3 is 0 Å². The van der Waals surface area contributed by atoms with E-state index in [-0.39, 0.29) is 6.04 Å². The van der Waals surface area contributed by atoms with Crippen LogP contribution in [0.1, 0.15) is 18.7 Å². The molecule has 0 fully saturated rings. The second kappa shape index (κ2) is 4.60. The lowest BCUT2D eigenvalue weighted by molar-refractivity contribution is 0.782. The molecule has 1 atom stereocenters. The normalized spacial score (nSPS) is 12.4. The highest BCUT2D eigenvalue weighted by Gasteiger charge is 2.08. The van der Waals surface area contributed by atoms with Crippen LogP contribution in [0.25, 0.3) is 11.1 Å². The standard InChI is InChI=1S/C12H12ClN3/c1-8(14)12-11(13)5-10(7-16-12)9-3-2-4-15-6-9/h2-8H,14H2,1H3. The lowest BCUT2D eigenvalue weighted by atomic mass is 10.1. The molecular formula is C12H12ClN3. The topological polar surface area (TPSA) is 51.8 Å². The van der Waals surface area contributed by atoms with Gasteiger partial charge in [-0.15, -0.1) is 0 Å². The summed E-state index contributed by atoms with van der Waals surface area (Å²) < 4.78 is 0. The zero-order valence-corrected chi connectivity index (χ0v) is 9.65. The van der Waals surface area contributed by atoms with Crippen molar-refractivity contribution in [1.29, 1.82) is 0 Å². The summed E-state index contributed by atoms with van der Waals surface area (Å²) in [5.74, 6) is 0. The maximum Gasteiger partial charge on any atom is 0.0754 e. The molecule has 0 aliphatic carbocycles. The molecule has 16 heavy (non-hydrogen) atoms. The molecule has 0 saturated heterocycles. The van der Waals surface area contributed by atoms with Crippen LogP contribution in [0.15, 0.2) is 36.8 Å². The van der Waals surface area contributed by atoms with Crippen molar-refractivity contribution >= 4 is 11.6 Å². The minimum Gasteiger partial charge on any atom is -0.323 e. The molecule has 3 nitrogen and oxygen atoms in total. The molecular weight excluding hydrogens is 222 g/mol. The van der Waals surface area contributed by atoms with Crippen LogP contribution in [-0.2, 0) is 0 Å². The molecule has 0 aromatic carbocycles. The Morgan fingerprint density at radius 1 is 1.31 bits per heavy atom. The number of aromatic nitrogens is 2. The fourth-order valence-electron chi connectivity index (χ4n) is 1.47. The van der Waals surface area contributed by atoms with Crippen molar-refractivity contribution in [2.75, 3.05) is 0 Å². The molecule has 0 aliphatic heterocycles. The lowest BCUT2D eigenvalue weighted by Gasteiger charge is -2.08. The van der Waals surface area contributed by atoms with Crippen LogP contribution in [0, 0.1) is 0 Å². The summed E-state index contributed by atoms with van der Waals surface area (Å²) in [5, 5.41) is 0.594. The lowest BCUT2D eigenvalue weighted by Crippen LogP contribution is -2.07. The van der Waals surface area contributed by atoms with Crippen LogP contribution >= 0.6 is 11.6 Å². The van der Waals surface area contributed by atoms with E-state index in [0.717, 1.165) is 11.1 Å². The number of halogens is 1. The summed E-state index contributed by atoms with van der Waals surface area (Å²) >= 11 is 6.11. The van der Waals surface area contributed by atoms with Crippen molar-refractivity contribution in [3.8, 4) is 11.1 Å². The minimum atomic E-state index is -0.157. The van der Waals surface area contributed by atoms with Crippen molar-refractivity contribution in [1.82, 2.24) is 9.97 Å². The van der Waals surface area contributed by atoms with Crippen LogP contribution in [0.4, 0.5) is 0 Å². The van der Waals surface area contributed by atoms with E-state index in [0.29, 0.717) is 10.7 Å². The van der Waals surface area contributed by atoms with Crippen molar-refractivity contribution in [2.45, 2.75) is 13.0 Å². The van der Waals surface area contributed by atoms with Gasteiger partial charge in [0.15, 0.2) is 0 Å². The average molecular weight is 234 g/mol. The van der Waals surface area contributed by atoms with Gasteiger partial charge in [0.1, 0.15) is 0 Å². The molecule has 82 valence electrons. The first kappa shape index (κ1) is 11.0. The predicted molar refractivity (Wildman–Crippen MR) is 65.1 cm³/mol. The van der Waals surface area contributed by atoms with Gasteiger partial charge in [0.05, 0.1) is 10.7 Å². The van der Waals surface area contributed by atoms with Gasteiger partial charge in [-0.05, 0) is 19.1 Å². The summed E-state index contributed by atoms with van der Waals surface area (Å²) in [5.41, 5.74) is 8.40. The maximum atomic E-state index is 6.11. The van der Waals surface area contributed by atoms with Gasteiger partial charge in [-0.3, -0.25) is 9.97 Å². The Balaban J connectivity index is 2.43. The first-order valence-corrected chi connectivity index (χ1v) is 5.37. The van der Waals surface area contributed by atoms with Gasteiger partial charge in [-0.25, -0.2) is 0 Å². The Labute approximate surface area is 99.3 Å². The molecule has 4 heteroatoms. The Kier molecular flexibility index (Phi) is 3.17. The predicted octanol–water partition coefficient (Wildman–Crippen LogP) is 2.82. The fourth-order valence-corrected chi connectivity index (χ4v) is 1.81. The van der Waals surface area contributed by atoms with E-state index in [1.165, 1.54) is 0 Å². The van der Waals surface area contributed by atoms with E-state index in [4.69, 9.17) is 17.3 Å². The minimum absolute atomic E-state index is 0.157. The molecule has 0 bridgehead atoms. The summed E-state index contributed by atoms with van der Waals surface area (Å²) in [6.45, 7) is 1.86. The van der Waals surface area contributed by atoms with Crippen LogP contribution in [0.5, 0.6) is 0 Å².